The maximum atomic E-state index is 14.3. The molecule has 0 bridgehead atoms. The van der Waals surface area contributed by atoms with Crippen molar-refractivity contribution in [3.63, 3.8) is 0 Å². The van der Waals surface area contributed by atoms with E-state index < -0.39 is 23.9 Å². The lowest BCUT2D eigenvalue weighted by Crippen LogP contribution is -2.31. The van der Waals surface area contributed by atoms with Crippen LogP contribution in [0.3, 0.4) is 0 Å². The molecule has 0 spiro atoms. The zero-order valence-electron chi connectivity index (χ0n) is 20.0. The lowest BCUT2D eigenvalue weighted by atomic mass is 10.00. The summed E-state index contributed by atoms with van der Waals surface area (Å²) in [6.45, 7) is 3.89. The van der Waals surface area contributed by atoms with Crippen molar-refractivity contribution in [1.29, 1.82) is 0 Å². The number of halogens is 3. The maximum absolute atomic E-state index is 14.3. The molecule has 1 saturated heterocycles. The van der Waals surface area contributed by atoms with Gasteiger partial charge >= 0.3 is 0 Å². The third-order valence-corrected chi connectivity index (χ3v) is 6.88. The van der Waals surface area contributed by atoms with E-state index in [1.807, 2.05) is 32.2 Å². The molecule has 2 aromatic carbocycles. The molecule has 2 aromatic heterocycles. The fraction of sp³-hybridized carbons (Fsp3) is 0.308. The minimum atomic E-state index is -1.54. The lowest BCUT2D eigenvalue weighted by Gasteiger charge is -2.27. The number of carbonyl (C=O) groups is 1. The van der Waals surface area contributed by atoms with Gasteiger partial charge in [-0.2, -0.15) is 5.10 Å². The number of aryl methyl sites for hydroxylation is 2. The molecule has 3 heterocycles. The van der Waals surface area contributed by atoms with Gasteiger partial charge in [0.15, 0.2) is 12.0 Å². The van der Waals surface area contributed by atoms with Crippen LogP contribution in [0.25, 0.3) is 22.3 Å². The van der Waals surface area contributed by atoms with Crippen molar-refractivity contribution in [2.75, 3.05) is 6.54 Å². The van der Waals surface area contributed by atoms with Crippen molar-refractivity contribution < 1.29 is 18.3 Å². The summed E-state index contributed by atoms with van der Waals surface area (Å²) < 4.78 is 36.1. The van der Waals surface area contributed by atoms with Crippen LogP contribution in [0.4, 0.5) is 8.78 Å². The minimum Gasteiger partial charge on any atom is -0.487 e. The number of likely N-dealkylation sites (tertiary alicyclic amines) is 1. The second-order valence-electron chi connectivity index (χ2n) is 8.88. The van der Waals surface area contributed by atoms with E-state index in [0.29, 0.717) is 28.2 Å². The van der Waals surface area contributed by atoms with E-state index in [0.717, 1.165) is 16.6 Å². The van der Waals surface area contributed by atoms with Gasteiger partial charge in [-0.15, -0.1) is 0 Å². The maximum Gasteiger partial charge on any atom is 0.257 e. The molecule has 0 aliphatic carbocycles. The van der Waals surface area contributed by atoms with Crippen molar-refractivity contribution in [3.8, 4) is 17.1 Å². The SMILES string of the molecule is Cc1cc(-c2ncnn2C)c2cccc(OCc3c(Cl)cc(F)cc3C(C)N3CCC(F)C3=O)c2n1. The quantitative estimate of drug-likeness (QED) is 0.349. The van der Waals surface area contributed by atoms with Gasteiger partial charge in [0.1, 0.15) is 30.0 Å². The van der Waals surface area contributed by atoms with Crippen LogP contribution in [-0.2, 0) is 18.4 Å². The van der Waals surface area contributed by atoms with Crippen LogP contribution < -0.4 is 4.74 Å². The number of para-hydroxylation sites is 1. The summed E-state index contributed by atoms with van der Waals surface area (Å²) in [5.74, 6) is 0.0751. The van der Waals surface area contributed by atoms with Gasteiger partial charge in [-0.1, -0.05) is 23.7 Å². The average Bonchev–Trinajstić information content (AvgIpc) is 3.42. The first kappa shape index (κ1) is 24.1. The van der Waals surface area contributed by atoms with Gasteiger partial charge in [0, 0.05) is 42.2 Å². The number of aromatic nitrogens is 4. The van der Waals surface area contributed by atoms with Gasteiger partial charge in [-0.3, -0.25) is 4.79 Å². The first-order valence-corrected chi connectivity index (χ1v) is 11.9. The first-order valence-electron chi connectivity index (χ1n) is 11.5. The van der Waals surface area contributed by atoms with E-state index in [4.69, 9.17) is 21.3 Å². The van der Waals surface area contributed by atoms with Gasteiger partial charge in [0.05, 0.1) is 11.1 Å². The Kier molecular flexibility index (Phi) is 6.34. The number of pyridine rings is 1. The van der Waals surface area contributed by atoms with Crippen LogP contribution in [0.2, 0.25) is 5.02 Å². The summed E-state index contributed by atoms with van der Waals surface area (Å²) in [6.07, 6.45) is 0.0731. The highest BCUT2D eigenvalue weighted by molar-refractivity contribution is 6.31. The summed E-state index contributed by atoms with van der Waals surface area (Å²) in [5.41, 5.74) is 3.29. The van der Waals surface area contributed by atoms with E-state index in [1.54, 1.807) is 17.7 Å². The molecule has 0 saturated carbocycles. The second-order valence-corrected chi connectivity index (χ2v) is 9.29. The smallest absolute Gasteiger partial charge is 0.257 e. The zero-order valence-corrected chi connectivity index (χ0v) is 20.8. The van der Waals surface area contributed by atoms with E-state index >= 15 is 0 Å². The van der Waals surface area contributed by atoms with Gasteiger partial charge in [-0.05, 0) is 43.7 Å². The molecular formula is C26H24ClF2N5O2. The number of benzene rings is 2. The lowest BCUT2D eigenvalue weighted by molar-refractivity contribution is -0.133. The van der Waals surface area contributed by atoms with E-state index in [-0.39, 0.29) is 24.6 Å². The van der Waals surface area contributed by atoms with Gasteiger partial charge in [-0.25, -0.2) is 23.4 Å². The zero-order chi connectivity index (χ0) is 25.6. The number of hydrogen-bond donors (Lipinski definition) is 0. The number of rotatable bonds is 6. The Hall–Kier alpha value is -3.59. The molecule has 0 radical (unpaired) electrons. The number of nitrogens with zero attached hydrogens (tertiary/aromatic N) is 5. The van der Waals surface area contributed by atoms with E-state index in [9.17, 15) is 13.6 Å². The largest absolute Gasteiger partial charge is 0.487 e. The molecular weight excluding hydrogens is 488 g/mol. The topological polar surface area (TPSA) is 73.1 Å². The molecule has 2 unspecified atom stereocenters. The highest BCUT2D eigenvalue weighted by Crippen LogP contribution is 2.36. The Morgan fingerprint density at radius 1 is 1.28 bits per heavy atom. The van der Waals surface area contributed by atoms with Crippen LogP contribution in [0, 0.1) is 12.7 Å². The van der Waals surface area contributed by atoms with Crippen molar-refractivity contribution >= 4 is 28.4 Å². The standard InChI is InChI=1S/C26H24ClF2N5O2/c1-14-9-19(25-30-13-31-33(25)3)17-5-4-6-23(24(17)32-14)36-12-20-18(10-16(28)11-21(20)27)15(2)34-8-7-22(29)26(34)35/h4-6,9-11,13,15,22H,7-8,12H2,1-3H3. The van der Waals surface area contributed by atoms with Crippen LogP contribution in [-0.4, -0.2) is 43.3 Å². The number of carbonyl (C=O) groups excluding carboxylic acids is 1. The predicted octanol–water partition coefficient (Wildman–Crippen LogP) is 5.34. The van der Waals surface area contributed by atoms with Crippen LogP contribution >= 0.6 is 11.6 Å². The predicted molar refractivity (Wildman–Crippen MR) is 132 cm³/mol. The van der Waals surface area contributed by atoms with Crippen LogP contribution in [0.15, 0.2) is 42.7 Å². The second kappa shape index (κ2) is 9.46. The van der Waals surface area contributed by atoms with E-state index in [2.05, 4.69) is 10.1 Å². The molecule has 186 valence electrons. The number of amides is 1. The third kappa shape index (κ3) is 4.28. The molecule has 1 aliphatic rings. The summed E-state index contributed by atoms with van der Waals surface area (Å²) in [6, 6.07) is 9.49. The summed E-state index contributed by atoms with van der Waals surface area (Å²) in [5, 5.41) is 5.18. The molecule has 1 aliphatic heterocycles. The summed E-state index contributed by atoms with van der Waals surface area (Å²) >= 11 is 6.44. The van der Waals surface area contributed by atoms with Gasteiger partial charge < -0.3 is 9.64 Å². The molecule has 10 heteroatoms. The third-order valence-electron chi connectivity index (χ3n) is 6.54. The molecule has 1 amide bonds. The molecule has 5 rings (SSSR count). The summed E-state index contributed by atoms with van der Waals surface area (Å²) in [4.78, 5) is 22.8. The Morgan fingerprint density at radius 2 is 2.08 bits per heavy atom. The van der Waals surface area contributed by atoms with Crippen molar-refractivity contribution in [2.24, 2.45) is 7.05 Å². The molecule has 1 fully saturated rings. The molecule has 0 N–H and O–H groups in total. The number of fused-ring (bicyclic) bond motifs is 1. The fourth-order valence-electron chi connectivity index (χ4n) is 4.71. The monoisotopic (exact) mass is 511 g/mol. The van der Waals surface area contributed by atoms with Crippen LogP contribution in [0.5, 0.6) is 5.75 Å². The highest BCUT2D eigenvalue weighted by atomic mass is 35.5. The number of ether oxygens (including phenoxy) is 1. The molecule has 2 atom stereocenters. The van der Waals surface area contributed by atoms with Crippen molar-refractivity contribution in [2.45, 2.75) is 39.1 Å². The fourth-order valence-corrected chi connectivity index (χ4v) is 4.98. The first-order chi connectivity index (χ1) is 17.2. The Morgan fingerprint density at radius 3 is 2.78 bits per heavy atom. The average molecular weight is 512 g/mol. The molecule has 4 aromatic rings. The Labute approximate surface area is 211 Å². The van der Waals surface area contributed by atoms with E-state index in [1.165, 1.54) is 23.4 Å². The van der Waals surface area contributed by atoms with Crippen LogP contribution in [0.1, 0.15) is 36.2 Å². The highest BCUT2D eigenvalue weighted by Gasteiger charge is 2.36. The van der Waals surface area contributed by atoms with Crippen molar-refractivity contribution in [3.05, 3.63) is 70.4 Å². The normalized spacial score (nSPS) is 16.7. The Bertz CT molecular complexity index is 1470. The minimum absolute atomic E-state index is 0.00784. The molecule has 36 heavy (non-hydrogen) atoms. The summed E-state index contributed by atoms with van der Waals surface area (Å²) in [7, 11) is 1.82. The number of alkyl halides is 1. The number of hydrogen-bond acceptors (Lipinski definition) is 5. The van der Waals surface area contributed by atoms with Gasteiger partial charge in [0.2, 0.25) is 0 Å². The van der Waals surface area contributed by atoms with Crippen molar-refractivity contribution in [1.82, 2.24) is 24.6 Å². The Balaban J connectivity index is 1.52. The molecule has 7 nitrogen and oxygen atoms in total. The van der Waals surface area contributed by atoms with Gasteiger partial charge in [0.25, 0.3) is 5.91 Å².